The van der Waals surface area contributed by atoms with Crippen molar-refractivity contribution in [3.8, 4) is 0 Å². The summed E-state index contributed by atoms with van der Waals surface area (Å²) in [6.07, 6.45) is 0. The number of likely N-dealkylation sites (N-methyl/N-ethyl adjacent to an activating group) is 1. The predicted octanol–water partition coefficient (Wildman–Crippen LogP) is -0.298. The fourth-order valence-electron chi connectivity index (χ4n) is 0.293. The third-order valence-electron chi connectivity index (χ3n) is 0.829. The first kappa shape index (κ1) is 11.9. The highest BCUT2D eigenvalue weighted by atomic mass is 32.1. The van der Waals surface area contributed by atoms with Gasteiger partial charge < -0.3 is 10.4 Å². The van der Waals surface area contributed by atoms with Crippen LogP contribution in [-0.4, -0.2) is 29.9 Å². The van der Waals surface area contributed by atoms with Crippen molar-refractivity contribution in [2.75, 3.05) is 12.8 Å². The van der Waals surface area contributed by atoms with Crippen LogP contribution in [0.5, 0.6) is 0 Å². The van der Waals surface area contributed by atoms with Crippen molar-refractivity contribution in [3.05, 3.63) is 0 Å². The molecule has 0 fully saturated rings. The van der Waals surface area contributed by atoms with Gasteiger partial charge in [-0.2, -0.15) is 26.1 Å². The molecule has 0 heterocycles. The summed E-state index contributed by atoms with van der Waals surface area (Å²) in [4.78, 5) is 10.1. The number of thiol groups is 1. The lowest BCUT2D eigenvalue weighted by Gasteiger charge is -2.04. The van der Waals surface area contributed by atoms with Crippen molar-refractivity contribution >= 4 is 32.1 Å². The molecule has 0 saturated carbocycles. The van der Waals surface area contributed by atoms with Crippen molar-refractivity contribution in [1.82, 2.24) is 5.32 Å². The van der Waals surface area contributed by atoms with Crippen molar-refractivity contribution in [3.63, 3.8) is 0 Å². The Hall–Kier alpha value is 0.130. The van der Waals surface area contributed by atoms with E-state index >= 15 is 0 Å². The van der Waals surface area contributed by atoms with Crippen LogP contribution < -0.4 is 5.32 Å². The minimum Gasteiger partial charge on any atom is -0.480 e. The Morgan fingerprint density at radius 1 is 1.89 bits per heavy atom. The molecule has 0 aromatic heterocycles. The zero-order chi connectivity index (χ0) is 6.57. The van der Waals surface area contributed by atoms with Crippen LogP contribution in [0.4, 0.5) is 0 Å². The monoisotopic (exact) mass is 169 g/mol. The van der Waals surface area contributed by atoms with Crippen LogP contribution in [-0.2, 0) is 4.79 Å². The molecule has 0 radical (unpaired) electrons. The average Bonchev–Trinajstić information content (AvgIpc) is 1.69. The number of rotatable bonds is 3. The van der Waals surface area contributed by atoms with E-state index < -0.39 is 12.0 Å². The highest BCUT2D eigenvalue weighted by molar-refractivity contribution is 7.80. The number of hydrogen-bond donors (Lipinski definition) is 3. The van der Waals surface area contributed by atoms with Crippen LogP contribution in [0, 0.1) is 0 Å². The minimum atomic E-state index is -0.859. The number of carboxylic acid groups (broad SMARTS) is 1. The van der Waals surface area contributed by atoms with Gasteiger partial charge in [-0.05, 0) is 7.05 Å². The number of hydrogen-bond acceptors (Lipinski definition) is 3. The van der Waals surface area contributed by atoms with E-state index in [0.717, 1.165) is 0 Å². The highest BCUT2D eigenvalue weighted by Gasteiger charge is 2.10. The summed E-state index contributed by atoms with van der Waals surface area (Å²) in [6, 6.07) is -0.515. The summed E-state index contributed by atoms with van der Waals surface area (Å²) in [7, 11) is 1.59. The van der Waals surface area contributed by atoms with Crippen molar-refractivity contribution in [2.45, 2.75) is 6.04 Å². The van der Waals surface area contributed by atoms with E-state index in [0.29, 0.717) is 5.75 Å². The smallest absolute Gasteiger partial charge is 0.321 e. The van der Waals surface area contributed by atoms with Gasteiger partial charge in [0, 0.05) is 5.75 Å². The molecule has 0 spiro atoms. The van der Waals surface area contributed by atoms with E-state index in [1.807, 2.05) is 0 Å². The number of nitrogens with one attached hydrogen (secondary N) is 1. The average molecular weight is 169 g/mol. The highest BCUT2D eigenvalue weighted by Crippen LogP contribution is 1.84. The third kappa shape index (κ3) is 4.62. The molecule has 0 aliphatic carbocycles. The maximum atomic E-state index is 10.1. The Balaban J connectivity index is 0. The first-order chi connectivity index (χ1) is 3.72. The molecule has 1 atom stereocenters. The second-order valence-electron chi connectivity index (χ2n) is 1.36. The summed E-state index contributed by atoms with van der Waals surface area (Å²) in [5.41, 5.74) is 0. The van der Waals surface area contributed by atoms with Gasteiger partial charge in [-0.25, -0.2) is 0 Å². The first-order valence-corrected chi connectivity index (χ1v) is 2.86. The fraction of sp³-hybridized carbons (Fsp3) is 0.750. The predicted molar refractivity (Wildman–Crippen MR) is 44.7 cm³/mol. The Bertz CT molecular complexity index is 84.6. The van der Waals surface area contributed by atoms with Crippen LogP contribution in [0.1, 0.15) is 0 Å². The SMILES string of the molecule is CN[C@@H](CS)C(=O)O.S. The maximum Gasteiger partial charge on any atom is 0.321 e. The van der Waals surface area contributed by atoms with Gasteiger partial charge in [0.2, 0.25) is 0 Å². The van der Waals surface area contributed by atoms with Gasteiger partial charge >= 0.3 is 5.97 Å². The molecule has 0 aromatic rings. The minimum absolute atomic E-state index is 0. The molecule has 0 aromatic carbocycles. The molecule has 2 N–H and O–H groups in total. The summed E-state index contributed by atoms with van der Waals surface area (Å²) in [6.45, 7) is 0. The molecular weight excluding hydrogens is 158 g/mol. The number of carboxylic acids is 1. The molecule has 5 heteroatoms. The number of aliphatic carboxylic acids is 1. The van der Waals surface area contributed by atoms with Crippen LogP contribution >= 0.6 is 26.1 Å². The van der Waals surface area contributed by atoms with Crippen LogP contribution in [0.3, 0.4) is 0 Å². The second kappa shape index (κ2) is 6.25. The lowest BCUT2D eigenvalue weighted by molar-refractivity contribution is -0.138. The van der Waals surface area contributed by atoms with Crippen molar-refractivity contribution in [2.24, 2.45) is 0 Å². The fourth-order valence-corrected chi connectivity index (χ4v) is 0.632. The van der Waals surface area contributed by atoms with E-state index in [4.69, 9.17) is 5.11 Å². The van der Waals surface area contributed by atoms with Crippen LogP contribution in [0.2, 0.25) is 0 Å². The van der Waals surface area contributed by atoms with E-state index in [1.54, 1.807) is 7.05 Å². The Kier molecular flexibility index (Phi) is 8.25. The molecular formula is C4H11NO2S2. The van der Waals surface area contributed by atoms with E-state index in [2.05, 4.69) is 17.9 Å². The molecule has 3 nitrogen and oxygen atoms in total. The quantitative estimate of drug-likeness (QED) is 0.508. The van der Waals surface area contributed by atoms with Gasteiger partial charge in [-0.3, -0.25) is 4.79 Å². The largest absolute Gasteiger partial charge is 0.480 e. The third-order valence-corrected chi connectivity index (χ3v) is 1.19. The topological polar surface area (TPSA) is 49.3 Å². The molecule has 0 rings (SSSR count). The second-order valence-corrected chi connectivity index (χ2v) is 1.73. The Morgan fingerprint density at radius 3 is 2.33 bits per heavy atom. The molecule has 0 bridgehead atoms. The van der Waals surface area contributed by atoms with E-state index in [-0.39, 0.29) is 13.5 Å². The summed E-state index contributed by atoms with van der Waals surface area (Å²) >= 11 is 3.79. The Morgan fingerprint density at radius 2 is 2.33 bits per heavy atom. The summed E-state index contributed by atoms with van der Waals surface area (Å²) in [5.74, 6) is -0.534. The number of carbonyl (C=O) groups is 1. The molecule has 9 heavy (non-hydrogen) atoms. The standard InChI is InChI=1S/C4H9NO2S.H2S/c1-5-3(2-8)4(6)7;/h3,5,8H,2H2,1H3,(H,6,7);1H2/t3-;/m0./s1. The summed E-state index contributed by atoms with van der Waals surface area (Å²) < 4.78 is 0. The molecule has 0 amide bonds. The first-order valence-electron chi connectivity index (χ1n) is 2.23. The van der Waals surface area contributed by atoms with Crippen molar-refractivity contribution < 1.29 is 9.90 Å². The maximum absolute atomic E-state index is 10.1. The van der Waals surface area contributed by atoms with Crippen LogP contribution in [0.15, 0.2) is 0 Å². The molecule has 0 saturated heterocycles. The molecule has 0 aliphatic heterocycles. The van der Waals surface area contributed by atoms with Gasteiger partial charge in [0.15, 0.2) is 0 Å². The van der Waals surface area contributed by atoms with Gasteiger partial charge in [-0.15, -0.1) is 0 Å². The van der Waals surface area contributed by atoms with Crippen LogP contribution in [0.25, 0.3) is 0 Å². The molecule has 0 unspecified atom stereocenters. The normalized spacial score (nSPS) is 11.8. The zero-order valence-electron chi connectivity index (χ0n) is 5.09. The Labute approximate surface area is 66.7 Å². The van der Waals surface area contributed by atoms with Gasteiger partial charge in [0.05, 0.1) is 0 Å². The van der Waals surface area contributed by atoms with Gasteiger partial charge in [0.25, 0.3) is 0 Å². The lowest BCUT2D eigenvalue weighted by Crippen LogP contribution is -2.35. The van der Waals surface area contributed by atoms with Crippen molar-refractivity contribution in [1.29, 1.82) is 0 Å². The molecule has 0 aliphatic rings. The van der Waals surface area contributed by atoms with Gasteiger partial charge in [0.1, 0.15) is 6.04 Å². The van der Waals surface area contributed by atoms with Gasteiger partial charge in [-0.1, -0.05) is 0 Å². The van der Waals surface area contributed by atoms with E-state index in [1.165, 1.54) is 0 Å². The molecule has 56 valence electrons. The summed E-state index contributed by atoms with van der Waals surface area (Å²) in [5, 5.41) is 10.8. The van der Waals surface area contributed by atoms with E-state index in [9.17, 15) is 4.79 Å². The lowest BCUT2D eigenvalue weighted by atomic mass is 10.3. The zero-order valence-corrected chi connectivity index (χ0v) is 6.98.